The van der Waals surface area contributed by atoms with Gasteiger partial charge < -0.3 is 10.2 Å². The number of likely N-dealkylation sites (tertiary alicyclic amines) is 1. The molecule has 0 aromatic rings. The molecule has 0 spiro atoms. The highest BCUT2D eigenvalue weighted by molar-refractivity contribution is 4.94. The minimum Gasteiger partial charge on any atom is -0.316 e. The summed E-state index contributed by atoms with van der Waals surface area (Å²) in [4.78, 5) is 2.81. The van der Waals surface area contributed by atoms with Gasteiger partial charge in [-0.05, 0) is 69.6 Å². The molecule has 0 radical (unpaired) electrons. The van der Waals surface area contributed by atoms with Crippen molar-refractivity contribution in [1.29, 1.82) is 0 Å². The van der Waals surface area contributed by atoms with Crippen molar-refractivity contribution in [1.82, 2.24) is 10.2 Å². The van der Waals surface area contributed by atoms with Crippen LogP contribution in [0.25, 0.3) is 0 Å². The molecule has 2 rings (SSSR count). The van der Waals surface area contributed by atoms with Crippen LogP contribution in [0.5, 0.6) is 0 Å². The lowest BCUT2D eigenvalue weighted by Gasteiger charge is -2.50. The quantitative estimate of drug-likeness (QED) is 0.707. The maximum Gasteiger partial charge on any atom is 0.0136 e. The summed E-state index contributed by atoms with van der Waals surface area (Å²) in [7, 11) is 0. The summed E-state index contributed by atoms with van der Waals surface area (Å²) in [5.74, 6) is 0.933. The van der Waals surface area contributed by atoms with Gasteiger partial charge in [0.2, 0.25) is 0 Å². The fourth-order valence-electron chi connectivity index (χ4n) is 4.02. The molecule has 1 N–H and O–H groups in total. The monoisotopic (exact) mass is 266 g/mol. The fraction of sp³-hybridized carbons (Fsp3) is 1.00. The largest absolute Gasteiger partial charge is 0.316 e. The highest BCUT2D eigenvalue weighted by atomic mass is 15.2. The van der Waals surface area contributed by atoms with Crippen LogP contribution in [0, 0.1) is 11.3 Å². The van der Waals surface area contributed by atoms with E-state index in [-0.39, 0.29) is 0 Å². The van der Waals surface area contributed by atoms with E-state index in [1.807, 2.05) is 0 Å². The zero-order chi connectivity index (χ0) is 13.7. The van der Waals surface area contributed by atoms with Crippen molar-refractivity contribution >= 4 is 0 Å². The summed E-state index contributed by atoms with van der Waals surface area (Å²) in [6, 6.07) is 0.899. The first-order valence-electron chi connectivity index (χ1n) is 8.69. The number of nitrogens with zero attached hydrogens (tertiary/aromatic N) is 1. The average Bonchev–Trinajstić information content (AvgIpc) is 2.43. The lowest BCUT2D eigenvalue weighted by molar-refractivity contribution is 0.00523. The number of hydrogen-bond donors (Lipinski definition) is 1. The van der Waals surface area contributed by atoms with Gasteiger partial charge >= 0.3 is 0 Å². The molecule has 2 nitrogen and oxygen atoms in total. The molecule has 0 aromatic carbocycles. The van der Waals surface area contributed by atoms with Crippen molar-refractivity contribution in [3.05, 3.63) is 0 Å². The molecule has 1 aliphatic carbocycles. The molecule has 1 saturated carbocycles. The Labute approximate surface area is 120 Å². The third kappa shape index (κ3) is 3.52. The molecule has 1 aliphatic heterocycles. The Balaban J connectivity index is 1.75. The molecule has 0 bridgehead atoms. The summed E-state index contributed by atoms with van der Waals surface area (Å²) < 4.78 is 0. The van der Waals surface area contributed by atoms with Gasteiger partial charge in [0.1, 0.15) is 0 Å². The molecule has 1 heterocycles. The summed E-state index contributed by atoms with van der Waals surface area (Å²) in [6.07, 6.45) is 9.79. The van der Waals surface area contributed by atoms with Gasteiger partial charge in [0, 0.05) is 6.04 Å². The first-order chi connectivity index (χ1) is 9.24. The second-order valence-corrected chi connectivity index (χ2v) is 6.85. The van der Waals surface area contributed by atoms with Crippen molar-refractivity contribution in [2.75, 3.05) is 26.2 Å². The van der Waals surface area contributed by atoms with Crippen LogP contribution >= 0.6 is 0 Å². The van der Waals surface area contributed by atoms with Gasteiger partial charge in [0.25, 0.3) is 0 Å². The Morgan fingerprint density at radius 2 is 1.74 bits per heavy atom. The predicted octanol–water partition coefficient (Wildman–Crippen LogP) is 3.67. The smallest absolute Gasteiger partial charge is 0.0136 e. The third-order valence-electron chi connectivity index (χ3n) is 6.04. The average molecular weight is 266 g/mol. The normalized spacial score (nSPS) is 31.1. The second kappa shape index (κ2) is 7.08. The Morgan fingerprint density at radius 1 is 1.05 bits per heavy atom. The van der Waals surface area contributed by atoms with Crippen LogP contribution < -0.4 is 5.32 Å². The van der Waals surface area contributed by atoms with Crippen molar-refractivity contribution in [3.8, 4) is 0 Å². The summed E-state index contributed by atoms with van der Waals surface area (Å²) in [5.41, 5.74) is 0.677. The van der Waals surface area contributed by atoms with Crippen LogP contribution in [0.1, 0.15) is 65.7 Å². The number of rotatable bonds is 7. The molecule has 112 valence electrons. The van der Waals surface area contributed by atoms with Crippen molar-refractivity contribution in [3.63, 3.8) is 0 Å². The third-order valence-corrected chi connectivity index (χ3v) is 6.04. The Hall–Kier alpha value is -0.0800. The van der Waals surface area contributed by atoms with Crippen LogP contribution in [0.15, 0.2) is 0 Å². The molecule has 2 fully saturated rings. The standard InChI is InChI=1S/C17H34N2/c1-4-11-18-14-15-7-8-16(15)19-12-9-17(5-2,6-3)10-13-19/h15-16,18H,4-14H2,1-3H3. The zero-order valence-electron chi connectivity index (χ0n) is 13.4. The number of hydrogen-bond acceptors (Lipinski definition) is 2. The van der Waals surface area contributed by atoms with E-state index in [0.29, 0.717) is 5.41 Å². The van der Waals surface area contributed by atoms with Crippen LogP contribution in [0.2, 0.25) is 0 Å². The van der Waals surface area contributed by atoms with E-state index in [1.54, 1.807) is 0 Å². The number of nitrogens with one attached hydrogen (secondary N) is 1. The Kier molecular flexibility index (Phi) is 5.70. The van der Waals surface area contributed by atoms with Gasteiger partial charge in [-0.15, -0.1) is 0 Å². The predicted molar refractivity (Wildman–Crippen MR) is 83.5 cm³/mol. The first-order valence-corrected chi connectivity index (χ1v) is 8.69. The first kappa shape index (κ1) is 15.3. The van der Waals surface area contributed by atoms with Gasteiger partial charge in [-0.1, -0.05) is 33.6 Å². The highest BCUT2D eigenvalue weighted by Crippen LogP contribution is 2.41. The summed E-state index contributed by atoms with van der Waals surface area (Å²) in [5, 5.41) is 3.62. The van der Waals surface area contributed by atoms with Crippen LogP contribution in [0.3, 0.4) is 0 Å². The maximum atomic E-state index is 3.62. The van der Waals surface area contributed by atoms with Crippen LogP contribution in [-0.4, -0.2) is 37.1 Å². The minimum atomic E-state index is 0.677. The van der Waals surface area contributed by atoms with E-state index in [9.17, 15) is 0 Å². The van der Waals surface area contributed by atoms with Crippen LogP contribution in [0.4, 0.5) is 0 Å². The lowest BCUT2D eigenvalue weighted by atomic mass is 9.71. The van der Waals surface area contributed by atoms with Crippen molar-refractivity contribution in [2.24, 2.45) is 11.3 Å². The van der Waals surface area contributed by atoms with E-state index in [4.69, 9.17) is 0 Å². The Bertz CT molecular complexity index is 250. The summed E-state index contributed by atoms with van der Waals surface area (Å²) in [6.45, 7) is 12.2. The molecule has 2 atom stereocenters. The van der Waals surface area contributed by atoms with Crippen molar-refractivity contribution < 1.29 is 0 Å². The van der Waals surface area contributed by atoms with Crippen LogP contribution in [-0.2, 0) is 0 Å². The van der Waals surface area contributed by atoms with Gasteiger partial charge in [-0.3, -0.25) is 0 Å². The van der Waals surface area contributed by atoms with Gasteiger partial charge in [0.05, 0.1) is 0 Å². The number of piperidine rings is 1. The van der Waals surface area contributed by atoms with E-state index in [2.05, 4.69) is 31.0 Å². The van der Waals surface area contributed by atoms with Crippen molar-refractivity contribution in [2.45, 2.75) is 71.8 Å². The minimum absolute atomic E-state index is 0.677. The SMILES string of the molecule is CCCNCC1CCC1N1CCC(CC)(CC)CC1. The van der Waals surface area contributed by atoms with E-state index in [0.717, 1.165) is 12.0 Å². The van der Waals surface area contributed by atoms with E-state index < -0.39 is 0 Å². The van der Waals surface area contributed by atoms with Gasteiger partial charge in [-0.25, -0.2) is 0 Å². The Morgan fingerprint density at radius 3 is 2.21 bits per heavy atom. The zero-order valence-corrected chi connectivity index (χ0v) is 13.4. The maximum absolute atomic E-state index is 3.62. The van der Waals surface area contributed by atoms with E-state index >= 15 is 0 Å². The topological polar surface area (TPSA) is 15.3 Å². The molecule has 19 heavy (non-hydrogen) atoms. The lowest BCUT2D eigenvalue weighted by Crippen LogP contribution is -2.54. The molecule has 2 unspecified atom stereocenters. The molecule has 2 heteroatoms. The molecule has 0 amide bonds. The van der Waals surface area contributed by atoms with Gasteiger partial charge in [-0.2, -0.15) is 0 Å². The van der Waals surface area contributed by atoms with Gasteiger partial charge in [0.15, 0.2) is 0 Å². The molecule has 0 aromatic heterocycles. The second-order valence-electron chi connectivity index (χ2n) is 6.85. The fourth-order valence-corrected chi connectivity index (χ4v) is 4.02. The summed E-state index contributed by atoms with van der Waals surface area (Å²) >= 11 is 0. The molecule has 2 aliphatic rings. The highest BCUT2D eigenvalue weighted by Gasteiger charge is 2.39. The molecular weight excluding hydrogens is 232 g/mol. The molecular formula is C17H34N2. The van der Waals surface area contributed by atoms with E-state index in [1.165, 1.54) is 71.1 Å². The molecule has 1 saturated heterocycles.